The Morgan fingerprint density at radius 2 is 1.96 bits per heavy atom. The molecule has 5 N–H and O–H groups in total. The molecule has 0 atom stereocenters. The van der Waals surface area contributed by atoms with Crippen LogP contribution in [0, 0.1) is 0 Å². The van der Waals surface area contributed by atoms with Crippen LogP contribution in [0.1, 0.15) is 5.56 Å². The third-order valence-corrected chi connectivity index (χ3v) is 4.27. The van der Waals surface area contributed by atoms with E-state index in [1.807, 2.05) is 30.5 Å². The fourth-order valence-electron chi connectivity index (χ4n) is 2.29. The fourth-order valence-corrected chi connectivity index (χ4v) is 2.85. The lowest BCUT2D eigenvalue weighted by molar-refractivity contribution is 0.475. The summed E-state index contributed by atoms with van der Waals surface area (Å²) in [6.07, 6.45) is 2.85. The number of nitrogens with one attached hydrogen (secondary N) is 2. The van der Waals surface area contributed by atoms with Gasteiger partial charge in [0.15, 0.2) is 5.96 Å². The van der Waals surface area contributed by atoms with Gasteiger partial charge in [-0.15, -0.1) is 0 Å². The van der Waals surface area contributed by atoms with Crippen molar-refractivity contribution < 1.29 is 5.11 Å². The summed E-state index contributed by atoms with van der Waals surface area (Å²) in [5, 5.41) is 10.5. The number of fused-ring (bicyclic) bond motifs is 1. The van der Waals surface area contributed by atoms with E-state index < -0.39 is 0 Å². The second-order valence-electron chi connectivity index (χ2n) is 5.07. The van der Waals surface area contributed by atoms with E-state index >= 15 is 0 Å². The number of phenolic OH excluding ortho intramolecular Hbond substituents is 1. The van der Waals surface area contributed by atoms with Gasteiger partial charge in [0, 0.05) is 28.5 Å². The van der Waals surface area contributed by atoms with Crippen LogP contribution in [0.25, 0.3) is 10.9 Å². The number of H-pyrrole nitrogens is 1. The number of nitrogens with zero attached hydrogens (tertiary/aromatic N) is 1. The summed E-state index contributed by atoms with van der Waals surface area (Å²) in [4.78, 5) is 8.55. The van der Waals surface area contributed by atoms with Crippen LogP contribution in [-0.2, 0) is 6.42 Å². The second kappa shape index (κ2) is 7.11. The Morgan fingerprint density at radius 1 is 1.17 bits per heavy atom. The minimum atomic E-state index is 0.245. The highest BCUT2D eigenvalue weighted by molar-refractivity contribution is 7.98. The van der Waals surface area contributed by atoms with Gasteiger partial charge in [-0.25, -0.2) is 0 Å². The van der Waals surface area contributed by atoms with Crippen LogP contribution in [0.15, 0.2) is 64.6 Å². The van der Waals surface area contributed by atoms with Gasteiger partial charge in [0.1, 0.15) is 5.75 Å². The van der Waals surface area contributed by atoms with E-state index in [-0.39, 0.29) is 5.75 Å². The molecule has 0 aliphatic heterocycles. The molecule has 0 saturated heterocycles. The number of aromatic hydroxyl groups is 1. The van der Waals surface area contributed by atoms with Gasteiger partial charge in [-0.2, -0.15) is 0 Å². The predicted molar refractivity (Wildman–Crippen MR) is 95.6 cm³/mol. The molecule has 0 spiro atoms. The first kappa shape index (κ1) is 15.3. The Hall–Kier alpha value is -2.60. The zero-order chi connectivity index (χ0) is 16.1. The van der Waals surface area contributed by atoms with Gasteiger partial charge in [-0.3, -0.25) is 9.71 Å². The van der Waals surface area contributed by atoms with Crippen molar-refractivity contribution in [2.45, 2.75) is 11.3 Å². The Morgan fingerprint density at radius 3 is 2.78 bits per heavy atom. The molecule has 0 unspecified atom stereocenters. The van der Waals surface area contributed by atoms with Gasteiger partial charge in [-0.1, -0.05) is 18.2 Å². The SMILES string of the molecule is NC(=NCCc1c[nH]c2ccccc12)NSc1ccc(O)cc1. The predicted octanol–water partition coefficient (Wildman–Crippen LogP) is 3.03. The molecular weight excluding hydrogens is 308 g/mol. The number of guanidine groups is 1. The third-order valence-electron chi connectivity index (χ3n) is 3.45. The summed E-state index contributed by atoms with van der Waals surface area (Å²) in [6, 6.07) is 15.1. The Balaban J connectivity index is 1.52. The largest absolute Gasteiger partial charge is 0.508 e. The van der Waals surface area contributed by atoms with Crippen molar-refractivity contribution >= 4 is 28.8 Å². The van der Waals surface area contributed by atoms with E-state index in [0.717, 1.165) is 16.8 Å². The first-order valence-electron chi connectivity index (χ1n) is 7.29. The van der Waals surface area contributed by atoms with Crippen LogP contribution in [0.5, 0.6) is 5.75 Å². The Kier molecular flexibility index (Phi) is 4.73. The van der Waals surface area contributed by atoms with Crippen molar-refractivity contribution in [1.82, 2.24) is 9.71 Å². The molecule has 2 aromatic carbocycles. The monoisotopic (exact) mass is 326 g/mol. The average molecular weight is 326 g/mol. The molecule has 0 bridgehead atoms. The van der Waals surface area contributed by atoms with Gasteiger partial charge in [0.05, 0.1) is 0 Å². The minimum absolute atomic E-state index is 0.245. The van der Waals surface area contributed by atoms with Crippen molar-refractivity contribution in [3.63, 3.8) is 0 Å². The zero-order valence-electron chi connectivity index (χ0n) is 12.5. The molecule has 0 aliphatic rings. The first-order valence-corrected chi connectivity index (χ1v) is 8.11. The average Bonchev–Trinajstić information content (AvgIpc) is 2.98. The van der Waals surface area contributed by atoms with Gasteiger partial charge in [-0.05, 0) is 54.3 Å². The highest BCUT2D eigenvalue weighted by Crippen LogP contribution is 2.19. The van der Waals surface area contributed by atoms with E-state index in [1.165, 1.54) is 22.9 Å². The number of hydrogen-bond acceptors (Lipinski definition) is 3. The molecule has 1 heterocycles. The van der Waals surface area contributed by atoms with Crippen LogP contribution < -0.4 is 10.5 Å². The number of rotatable bonds is 5. The molecular formula is C17H18N4OS. The third kappa shape index (κ3) is 3.98. The summed E-state index contributed by atoms with van der Waals surface area (Å²) in [5.74, 6) is 0.637. The molecule has 0 saturated carbocycles. The molecule has 3 rings (SSSR count). The molecule has 6 heteroatoms. The van der Waals surface area contributed by atoms with Gasteiger partial charge < -0.3 is 15.8 Å². The molecule has 0 fully saturated rings. The Labute approximate surface area is 138 Å². The minimum Gasteiger partial charge on any atom is -0.508 e. The number of phenols is 1. The quantitative estimate of drug-likeness (QED) is 0.330. The molecule has 3 aromatic rings. The van der Waals surface area contributed by atoms with Crippen LogP contribution in [0.2, 0.25) is 0 Å². The summed E-state index contributed by atoms with van der Waals surface area (Å²) in [7, 11) is 0. The highest BCUT2D eigenvalue weighted by atomic mass is 32.2. The summed E-state index contributed by atoms with van der Waals surface area (Å²) >= 11 is 1.36. The van der Waals surface area contributed by atoms with Crippen molar-refractivity contribution in [1.29, 1.82) is 0 Å². The topological polar surface area (TPSA) is 86.4 Å². The molecule has 23 heavy (non-hydrogen) atoms. The maximum absolute atomic E-state index is 9.24. The number of hydrogen-bond donors (Lipinski definition) is 4. The summed E-state index contributed by atoms with van der Waals surface area (Å²) in [6.45, 7) is 0.622. The molecule has 0 radical (unpaired) electrons. The number of nitrogens with two attached hydrogens (primary N) is 1. The number of aromatic nitrogens is 1. The number of aromatic amines is 1. The maximum atomic E-state index is 9.24. The van der Waals surface area contributed by atoms with Crippen molar-refractivity contribution in [2.24, 2.45) is 10.7 Å². The lowest BCUT2D eigenvalue weighted by Gasteiger charge is -2.04. The van der Waals surface area contributed by atoms with Crippen LogP contribution in [-0.4, -0.2) is 22.6 Å². The second-order valence-corrected chi connectivity index (χ2v) is 5.95. The molecule has 0 aliphatic carbocycles. The normalized spacial score (nSPS) is 11.7. The van der Waals surface area contributed by atoms with E-state index in [2.05, 4.69) is 26.8 Å². The summed E-state index contributed by atoms with van der Waals surface area (Å²) in [5.41, 5.74) is 8.24. The van der Waals surface area contributed by atoms with Crippen LogP contribution in [0.3, 0.4) is 0 Å². The zero-order valence-corrected chi connectivity index (χ0v) is 13.3. The highest BCUT2D eigenvalue weighted by Gasteiger charge is 2.02. The molecule has 118 valence electrons. The van der Waals surface area contributed by atoms with Crippen LogP contribution >= 0.6 is 11.9 Å². The smallest absolute Gasteiger partial charge is 0.199 e. The molecule has 0 amide bonds. The standard InChI is InChI=1S/C17H18N4OS/c18-17(21-23-14-7-5-13(22)6-8-14)19-10-9-12-11-20-16-4-2-1-3-15(12)16/h1-8,11,20,22H,9-10H2,(H3,18,19,21). The first-order chi connectivity index (χ1) is 11.2. The van der Waals surface area contributed by atoms with Crippen LogP contribution in [0.4, 0.5) is 0 Å². The van der Waals surface area contributed by atoms with Crippen molar-refractivity contribution in [3.05, 3.63) is 60.3 Å². The van der Waals surface area contributed by atoms with Crippen molar-refractivity contribution in [2.75, 3.05) is 6.54 Å². The van der Waals surface area contributed by atoms with Gasteiger partial charge in [0.2, 0.25) is 0 Å². The van der Waals surface area contributed by atoms with Gasteiger partial charge in [0.25, 0.3) is 0 Å². The Bertz CT molecular complexity index is 811. The van der Waals surface area contributed by atoms with Crippen molar-refractivity contribution in [3.8, 4) is 5.75 Å². The van der Waals surface area contributed by atoms with Gasteiger partial charge >= 0.3 is 0 Å². The fraction of sp³-hybridized carbons (Fsp3) is 0.118. The lowest BCUT2D eigenvalue weighted by Crippen LogP contribution is -2.26. The van der Waals surface area contributed by atoms with E-state index in [4.69, 9.17) is 5.73 Å². The molecule has 5 nitrogen and oxygen atoms in total. The molecule has 1 aromatic heterocycles. The van der Waals surface area contributed by atoms with E-state index in [9.17, 15) is 5.11 Å². The van der Waals surface area contributed by atoms with E-state index in [0.29, 0.717) is 12.5 Å². The number of para-hydroxylation sites is 1. The maximum Gasteiger partial charge on any atom is 0.199 e. The summed E-state index contributed by atoms with van der Waals surface area (Å²) < 4.78 is 2.99. The van der Waals surface area contributed by atoms with E-state index in [1.54, 1.807) is 12.1 Å². The number of aliphatic imine (C=N–C) groups is 1. The number of benzene rings is 2. The lowest BCUT2D eigenvalue weighted by atomic mass is 10.1.